The van der Waals surface area contributed by atoms with E-state index in [2.05, 4.69) is 32.1 Å². The molecule has 1 saturated heterocycles. The lowest BCUT2D eigenvalue weighted by Crippen LogP contribution is -2.42. The fourth-order valence-electron chi connectivity index (χ4n) is 3.25. The predicted octanol–water partition coefficient (Wildman–Crippen LogP) is 0.635. The van der Waals surface area contributed by atoms with Gasteiger partial charge in [-0.15, -0.1) is 5.10 Å². The molecule has 0 aliphatic carbocycles. The molecule has 23 heavy (non-hydrogen) atoms. The Morgan fingerprint density at radius 3 is 3.04 bits per heavy atom. The SMILES string of the molecule is CN(C[C@@H](O)Cn1cccn1)C[C@@H]1CCCN1c1cccnn1. The number of hydrogen-bond donors (Lipinski definition) is 1. The lowest BCUT2D eigenvalue weighted by molar-refractivity contribution is 0.104. The van der Waals surface area contributed by atoms with E-state index in [-0.39, 0.29) is 0 Å². The average Bonchev–Trinajstić information content (AvgIpc) is 3.19. The molecule has 1 aliphatic heterocycles. The molecule has 1 N–H and O–H groups in total. The molecule has 2 aromatic rings. The number of nitrogens with zero attached hydrogens (tertiary/aromatic N) is 6. The molecule has 3 heterocycles. The first-order valence-corrected chi connectivity index (χ1v) is 8.11. The lowest BCUT2D eigenvalue weighted by atomic mass is 10.2. The second kappa shape index (κ2) is 7.52. The zero-order chi connectivity index (χ0) is 16.1. The van der Waals surface area contributed by atoms with Gasteiger partial charge in [-0.25, -0.2) is 0 Å². The van der Waals surface area contributed by atoms with E-state index in [1.807, 2.05) is 24.4 Å². The molecule has 0 amide bonds. The Morgan fingerprint density at radius 2 is 2.30 bits per heavy atom. The molecule has 0 radical (unpaired) electrons. The van der Waals surface area contributed by atoms with E-state index >= 15 is 0 Å². The smallest absolute Gasteiger partial charge is 0.151 e. The van der Waals surface area contributed by atoms with Gasteiger partial charge in [-0.1, -0.05) is 0 Å². The molecule has 3 rings (SSSR count). The largest absolute Gasteiger partial charge is 0.390 e. The number of aromatic nitrogens is 4. The van der Waals surface area contributed by atoms with Gasteiger partial charge in [-0.2, -0.15) is 10.2 Å². The van der Waals surface area contributed by atoms with Gasteiger partial charge < -0.3 is 14.9 Å². The number of anilines is 1. The van der Waals surface area contributed by atoms with Crippen LogP contribution in [0.1, 0.15) is 12.8 Å². The maximum absolute atomic E-state index is 10.2. The van der Waals surface area contributed by atoms with Gasteiger partial charge in [0, 0.05) is 44.3 Å². The van der Waals surface area contributed by atoms with E-state index in [9.17, 15) is 5.11 Å². The van der Waals surface area contributed by atoms with Crippen LogP contribution in [0.15, 0.2) is 36.8 Å². The van der Waals surface area contributed by atoms with Crippen LogP contribution in [0, 0.1) is 0 Å². The van der Waals surface area contributed by atoms with Gasteiger partial charge in [0.15, 0.2) is 5.82 Å². The van der Waals surface area contributed by atoms with Crippen molar-refractivity contribution in [2.24, 2.45) is 0 Å². The maximum atomic E-state index is 10.2. The Labute approximate surface area is 136 Å². The summed E-state index contributed by atoms with van der Waals surface area (Å²) >= 11 is 0. The third-order valence-corrected chi connectivity index (χ3v) is 4.23. The number of likely N-dealkylation sites (N-methyl/N-ethyl adjacent to an activating group) is 1. The molecule has 124 valence electrons. The zero-order valence-corrected chi connectivity index (χ0v) is 13.5. The van der Waals surface area contributed by atoms with Gasteiger partial charge in [0.2, 0.25) is 0 Å². The summed E-state index contributed by atoms with van der Waals surface area (Å²) in [7, 11) is 2.06. The fourth-order valence-corrected chi connectivity index (χ4v) is 3.25. The Kier molecular flexibility index (Phi) is 5.19. The van der Waals surface area contributed by atoms with E-state index < -0.39 is 6.10 Å². The molecule has 7 heteroatoms. The summed E-state index contributed by atoms with van der Waals surface area (Å²) in [5.74, 6) is 0.945. The second-order valence-corrected chi connectivity index (χ2v) is 6.17. The Morgan fingerprint density at radius 1 is 1.39 bits per heavy atom. The van der Waals surface area contributed by atoms with Crippen LogP contribution < -0.4 is 4.90 Å². The summed E-state index contributed by atoms with van der Waals surface area (Å²) < 4.78 is 1.76. The van der Waals surface area contributed by atoms with Gasteiger partial charge in [-0.3, -0.25) is 4.68 Å². The minimum absolute atomic E-state index is 0.425. The van der Waals surface area contributed by atoms with Crippen LogP contribution in [0.2, 0.25) is 0 Å². The minimum atomic E-state index is -0.425. The summed E-state index contributed by atoms with van der Waals surface area (Å²) in [5.41, 5.74) is 0. The molecule has 7 nitrogen and oxygen atoms in total. The van der Waals surface area contributed by atoms with E-state index in [1.165, 1.54) is 6.42 Å². The highest BCUT2D eigenvalue weighted by Crippen LogP contribution is 2.23. The predicted molar refractivity (Wildman–Crippen MR) is 88.1 cm³/mol. The van der Waals surface area contributed by atoms with Gasteiger partial charge in [-0.05, 0) is 38.1 Å². The van der Waals surface area contributed by atoms with Crippen molar-refractivity contribution in [3.63, 3.8) is 0 Å². The standard InChI is InChI=1S/C16H24N6O/c1-20(12-15(23)13-21-9-4-8-18-21)11-14-5-3-10-22(14)16-6-2-7-17-19-16/h2,4,6-9,14-15,23H,3,5,10-13H2,1H3/t14-,15+/m0/s1. The number of rotatable bonds is 7. The van der Waals surface area contributed by atoms with E-state index in [1.54, 1.807) is 17.1 Å². The van der Waals surface area contributed by atoms with E-state index in [0.29, 0.717) is 19.1 Å². The molecule has 2 aromatic heterocycles. The average molecular weight is 316 g/mol. The highest BCUT2D eigenvalue weighted by Gasteiger charge is 2.27. The van der Waals surface area contributed by atoms with Crippen molar-refractivity contribution in [2.75, 3.05) is 31.6 Å². The lowest BCUT2D eigenvalue weighted by Gasteiger charge is -2.30. The summed E-state index contributed by atoms with van der Waals surface area (Å²) in [5, 5.41) is 22.5. The van der Waals surface area contributed by atoms with Crippen LogP contribution in [0.5, 0.6) is 0 Å². The zero-order valence-electron chi connectivity index (χ0n) is 13.5. The molecule has 0 unspecified atom stereocenters. The topological polar surface area (TPSA) is 70.3 Å². The third-order valence-electron chi connectivity index (χ3n) is 4.23. The molecular weight excluding hydrogens is 292 g/mol. The summed E-state index contributed by atoms with van der Waals surface area (Å²) in [6.07, 6.45) is 7.20. The fraction of sp³-hybridized carbons (Fsp3) is 0.562. The molecule has 0 spiro atoms. The van der Waals surface area contributed by atoms with Crippen molar-refractivity contribution >= 4 is 5.82 Å². The van der Waals surface area contributed by atoms with Crippen LogP contribution in [-0.4, -0.2) is 68.8 Å². The highest BCUT2D eigenvalue weighted by atomic mass is 16.3. The van der Waals surface area contributed by atoms with Gasteiger partial charge >= 0.3 is 0 Å². The Bertz CT molecular complexity index is 576. The molecule has 2 atom stereocenters. The molecule has 0 aromatic carbocycles. The number of hydrogen-bond acceptors (Lipinski definition) is 6. The van der Waals surface area contributed by atoms with Crippen LogP contribution in [0.4, 0.5) is 5.82 Å². The summed E-state index contributed by atoms with van der Waals surface area (Å²) in [6, 6.07) is 6.23. The Balaban J connectivity index is 1.51. The van der Waals surface area contributed by atoms with Gasteiger partial charge in [0.05, 0.1) is 12.6 Å². The molecule has 1 aliphatic rings. The first kappa shape index (κ1) is 15.9. The minimum Gasteiger partial charge on any atom is -0.390 e. The van der Waals surface area contributed by atoms with Crippen molar-refractivity contribution in [1.82, 2.24) is 24.9 Å². The summed E-state index contributed by atoms with van der Waals surface area (Å²) in [6.45, 7) is 3.08. The van der Waals surface area contributed by atoms with Crippen molar-refractivity contribution in [2.45, 2.75) is 31.5 Å². The molecule has 1 fully saturated rings. The maximum Gasteiger partial charge on any atom is 0.151 e. The Hall–Kier alpha value is -1.99. The number of aliphatic hydroxyl groups excluding tert-OH is 1. The van der Waals surface area contributed by atoms with Gasteiger partial charge in [0.25, 0.3) is 0 Å². The van der Waals surface area contributed by atoms with Gasteiger partial charge in [0.1, 0.15) is 0 Å². The van der Waals surface area contributed by atoms with E-state index in [0.717, 1.165) is 25.3 Å². The molecular formula is C16H24N6O. The highest BCUT2D eigenvalue weighted by molar-refractivity contribution is 5.39. The summed E-state index contributed by atoms with van der Waals surface area (Å²) in [4.78, 5) is 4.51. The normalized spacial score (nSPS) is 19.4. The molecule has 0 bridgehead atoms. The van der Waals surface area contributed by atoms with Crippen LogP contribution >= 0.6 is 0 Å². The third kappa shape index (κ3) is 4.27. The first-order valence-electron chi connectivity index (χ1n) is 8.11. The quantitative estimate of drug-likeness (QED) is 0.808. The van der Waals surface area contributed by atoms with Crippen molar-refractivity contribution in [1.29, 1.82) is 0 Å². The van der Waals surface area contributed by atoms with Crippen LogP contribution in [0.25, 0.3) is 0 Å². The first-order chi connectivity index (χ1) is 11.2. The van der Waals surface area contributed by atoms with Crippen LogP contribution in [0.3, 0.4) is 0 Å². The number of aliphatic hydroxyl groups is 1. The second-order valence-electron chi connectivity index (χ2n) is 6.17. The van der Waals surface area contributed by atoms with Crippen molar-refractivity contribution < 1.29 is 5.11 Å². The van der Waals surface area contributed by atoms with Crippen molar-refractivity contribution in [3.05, 3.63) is 36.8 Å². The van der Waals surface area contributed by atoms with Crippen LogP contribution in [-0.2, 0) is 6.54 Å². The monoisotopic (exact) mass is 316 g/mol. The molecule has 0 saturated carbocycles. The van der Waals surface area contributed by atoms with E-state index in [4.69, 9.17) is 0 Å². The van der Waals surface area contributed by atoms with Crippen molar-refractivity contribution in [3.8, 4) is 0 Å².